The highest BCUT2D eigenvalue weighted by molar-refractivity contribution is 6.00. The van der Waals surface area contributed by atoms with E-state index >= 15 is 8.78 Å². The minimum atomic E-state index is -1.39. The number of pyridine rings is 2. The van der Waals surface area contributed by atoms with Gasteiger partial charge in [0.1, 0.15) is 22.5 Å². The van der Waals surface area contributed by atoms with Crippen LogP contribution in [0.15, 0.2) is 21.7 Å². The minimum Gasteiger partial charge on any atom is -0.492 e. The van der Waals surface area contributed by atoms with Crippen LogP contribution < -0.4 is 35.4 Å². The number of fused-ring (bicyclic) bond motifs is 3. The van der Waals surface area contributed by atoms with E-state index in [9.17, 15) is 29.1 Å². The molecule has 0 bridgehead atoms. The molecular weight excluding hydrogens is 811 g/mol. The van der Waals surface area contributed by atoms with Crippen molar-refractivity contribution >= 4 is 51.2 Å². The maximum atomic E-state index is 16.2. The van der Waals surface area contributed by atoms with Crippen LogP contribution in [0.3, 0.4) is 0 Å². The molecule has 3 atom stereocenters. The van der Waals surface area contributed by atoms with Gasteiger partial charge in [0.15, 0.2) is 23.1 Å². The number of piperidine rings is 1. The lowest BCUT2D eigenvalue weighted by atomic mass is 9.94. The summed E-state index contributed by atoms with van der Waals surface area (Å²) in [6.45, 7) is 6.64. The predicted molar refractivity (Wildman–Crippen MR) is 224 cm³/mol. The molecule has 2 aromatic carbocycles. The largest absolute Gasteiger partial charge is 0.492 e. The highest BCUT2D eigenvalue weighted by Crippen LogP contribution is 2.47. The van der Waals surface area contributed by atoms with Crippen LogP contribution >= 0.6 is 0 Å². The number of halogens is 2. The number of amides is 1. The lowest BCUT2D eigenvalue weighted by Crippen LogP contribution is -2.54. The van der Waals surface area contributed by atoms with Crippen molar-refractivity contribution in [3.05, 3.63) is 66.7 Å². The van der Waals surface area contributed by atoms with Crippen molar-refractivity contribution in [2.45, 2.75) is 83.5 Å². The minimum absolute atomic E-state index is 0.0126. The van der Waals surface area contributed by atoms with Gasteiger partial charge in [0.25, 0.3) is 0 Å². The topological polar surface area (TPSA) is 174 Å². The molecule has 5 heterocycles. The van der Waals surface area contributed by atoms with Crippen LogP contribution in [-0.4, -0.2) is 110 Å². The van der Waals surface area contributed by atoms with Gasteiger partial charge in [-0.05, 0) is 83.9 Å². The molecule has 2 saturated carbocycles. The molecule has 62 heavy (non-hydrogen) atoms. The van der Waals surface area contributed by atoms with Gasteiger partial charge in [-0.3, -0.25) is 9.59 Å². The maximum absolute atomic E-state index is 16.2. The Bertz CT molecular complexity index is 2660. The average molecular weight is 861 g/mol. The van der Waals surface area contributed by atoms with Crippen LogP contribution in [0.1, 0.15) is 89.6 Å². The summed E-state index contributed by atoms with van der Waals surface area (Å²) in [5.41, 5.74) is -0.518. The van der Waals surface area contributed by atoms with E-state index in [1.807, 2.05) is 9.47 Å². The van der Waals surface area contributed by atoms with E-state index in [0.29, 0.717) is 41.4 Å². The molecule has 0 spiro atoms. The number of aromatic nitrogens is 2. The Labute approximate surface area is 354 Å². The van der Waals surface area contributed by atoms with Gasteiger partial charge in [0.05, 0.1) is 36.0 Å². The number of aromatic carboxylic acids is 1. The van der Waals surface area contributed by atoms with Crippen molar-refractivity contribution in [3.8, 4) is 11.5 Å². The standard InChI is InChI=1S/C44H50F2N6O10/c1-21-17-48(36-29(45)15-27-34(40(36)59-4)51(25-8-9-25)22(2)32(38(27)53)42(55)56)13-14-50(21)44(58)62-20-61-43(57)33-23(3)52(26-10-11-26)35-28(39(33)54)16-30(46)37(41(35)60-5)49-18-24-7-6-12-47-31(24)19-49/h15-16,21,24-26,31,47H,6-14,17-20H2,1-5H3,(H,55,56). The molecule has 3 aliphatic heterocycles. The first kappa shape index (κ1) is 41.4. The second-order valence-corrected chi connectivity index (χ2v) is 17.2. The molecule has 4 aromatic rings. The lowest BCUT2D eigenvalue weighted by molar-refractivity contribution is -0.0157. The molecular formula is C44H50F2N6O10. The van der Waals surface area contributed by atoms with Gasteiger partial charge >= 0.3 is 18.0 Å². The fourth-order valence-electron chi connectivity index (χ4n) is 10.2. The zero-order chi connectivity index (χ0) is 43.9. The van der Waals surface area contributed by atoms with Gasteiger partial charge in [0.2, 0.25) is 17.7 Å². The molecule has 2 aromatic heterocycles. The third-order valence-electron chi connectivity index (χ3n) is 13.4. The summed E-state index contributed by atoms with van der Waals surface area (Å²) in [4.78, 5) is 71.7. The fraction of sp³-hybridized carbons (Fsp3) is 0.523. The monoisotopic (exact) mass is 860 g/mol. The summed E-state index contributed by atoms with van der Waals surface area (Å²) in [5.74, 6) is -3.11. The van der Waals surface area contributed by atoms with Crippen LogP contribution in [-0.2, 0) is 9.47 Å². The number of hydrogen-bond acceptors (Lipinski definition) is 12. The molecule has 5 fully saturated rings. The van der Waals surface area contributed by atoms with Gasteiger partial charge in [-0.2, -0.15) is 0 Å². The summed E-state index contributed by atoms with van der Waals surface area (Å²) in [7, 11) is 2.82. The third kappa shape index (κ3) is 6.77. The van der Waals surface area contributed by atoms with Crippen LogP contribution in [0.4, 0.5) is 25.0 Å². The molecule has 2 aliphatic carbocycles. The molecule has 5 aliphatic rings. The van der Waals surface area contributed by atoms with Crippen LogP contribution in [0.2, 0.25) is 0 Å². The molecule has 0 radical (unpaired) electrons. The molecule has 9 rings (SSSR count). The Balaban J connectivity index is 0.923. The number of methoxy groups -OCH3 is 2. The molecule has 3 unspecified atom stereocenters. The summed E-state index contributed by atoms with van der Waals surface area (Å²) in [5, 5.41) is 13.3. The lowest BCUT2D eigenvalue weighted by Gasteiger charge is -2.40. The number of ether oxygens (including phenoxy) is 4. The van der Waals surface area contributed by atoms with E-state index in [0.717, 1.165) is 51.1 Å². The highest BCUT2D eigenvalue weighted by atomic mass is 19.1. The highest BCUT2D eigenvalue weighted by Gasteiger charge is 2.40. The maximum Gasteiger partial charge on any atom is 0.413 e. The summed E-state index contributed by atoms with van der Waals surface area (Å²) >= 11 is 0. The average Bonchev–Trinajstić information content (AvgIpc) is 4.19. The fourth-order valence-corrected chi connectivity index (χ4v) is 10.2. The molecule has 18 heteroatoms. The molecule has 16 nitrogen and oxygen atoms in total. The number of piperazine rings is 1. The summed E-state index contributed by atoms with van der Waals surface area (Å²) < 4.78 is 58.3. The number of anilines is 2. The first-order chi connectivity index (χ1) is 29.7. The molecule has 3 saturated heterocycles. The van der Waals surface area contributed by atoms with Crippen LogP contribution in [0.5, 0.6) is 11.5 Å². The van der Waals surface area contributed by atoms with Gasteiger partial charge in [-0.25, -0.2) is 23.2 Å². The van der Waals surface area contributed by atoms with E-state index in [-0.39, 0.29) is 77.0 Å². The predicted octanol–water partition coefficient (Wildman–Crippen LogP) is 5.25. The number of nitrogens with one attached hydrogen (secondary N) is 1. The van der Waals surface area contributed by atoms with Gasteiger partial charge in [-0.15, -0.1) is 0 Å². The van der Waals surface area contributed by atoms with Gasteiger partial charge < -0.3 is 53.2 Å². The Morgan fingerprint density at radius 2 is 1.34 bits per heavy atom. The molecule has 330 valence electrons. The van der Waals surface area contributed by atoms with E-state index in [1.54, 1.807) is 30.2 Å². The number of nitrogens with zero attached hydrogens (tertiary/aromatic N) is 5. The smallest absolute Gasteiger partial charge is 0.413 e. The second kappa shape index (κ2) is 15.8. The molecule has 2 N–H and O–H groups in total. The number of hydrogen-bond donors (Lipinski definition) is 2. The van der Waals surface area contributed by atoms with Crippen molar-refractivity contribution in [1.82, 2.24) is 19.4 Å². The number of esters is 1. The quantitative estimate of drug-likeness (QED) is 0.157. The van der Waals surface area contributed by atoms with E-state index in [4.69, 9.17) is 18.9 Å². The van der Waals surface area contributed by atoms with Crippen LogP contribution in [0, 0.1) is 31.4 Å². The number of carbonyl (C=O) groups is 3. The van der Waals surface area contributed by atoms with Crippen LogP contribution in [0.25, 0.3) is 21.8 Å². The van der Waals surface area contributed by atoms with Crippen molar-refractivity contribution in [2.24, 2.45) is 5.92 Å². The van der Waals surface area contributed by atoms with E-state index < -0.39 is 58.9 Å². The number of rotatable bonds is 10. The van der Waals surface area contributed by atoms with Crippen molar-refractivity contribution in [3.63, 3.8) is 0 Å². The van der Waals surface area contributed by atoms with Gasteiger partial charge in [-0.1, -0.05) is 0 Å². The zero-order valence-electron chi connectivity index (χ0n) is 35.3. The SMILES string of the molecule is COc1c(N2CCN(C(=O)OCOC(=O)c3c(C)n(C4CC4)c4c(OC)c(N5CC6CCCNC6C5)c(F)cc4c3=O)C(C)C2)c(F)cc2c(=O)c(C(=O)O)c(C)n(C3CC3)c12. The Kier molecular flexibility index (Phi) is 10.5. The number of carbonyl (C=O) groups excluding carboxylic acids is 2. The summed E-state index contributed by atoms with van der Waals surface area (Å²) in [6.07, 6.45) is 4.39. The Morgan fingerprint density at radius 1 is 0.774 bits per heavy atom. The number of carboxylic acid groups (broad SMARTS) is 1. The Hall–Kier alpha value is -5.91. The second-order valence-electron chi connectivity index (χ2n) is 17.2. The normalized spacial score (nSPS) is 21.3. The Morgan fingerprint density at radius 3 is 1.87 bits per heavy atom. The number of benzene rings is 2. The molecule has 1 amide bonds. The third-order valence-corrected chi connectivity index (χ3v) is 13.4. The first-order valence-corrected chi connectivity index (χ1v) is 21.2. The first-order valence-electron chi connectivity index (χ1n) is 21.2. The van der Waals surface area contributed by atoms with Crippen molar-refractivity contribution < 1.29 is 47.2 Å². The zero-order valence-corrected chi connectivity index (χ0v) is 35.3. The number of carboxylic acids is 1. The van der Waals surface area contributed by atoms with Gasteiger partial charge in [0, 0.05) is 68.3 Å². The summed E-state index contributed by atoms with van der Waals surface area (Å²) in [6, 6.07) is 1.81. The van der Waals surface area contributed by atoms with E-state index in [1.165, 1.54) is 25.2 Å². The van der Waals surface area contributed by atoms with Crippen molar-refractivity contribution in [2.75, 3.05) is 70.1 Å². The van der Waals surface area contributed by atoms with E-state index in [2.05, 4.69) is 5.32 Å². The van der Waals surface area contributed by atoms with Crippen molar-refractivity contribution in [1.29, 1.82) is 0 Å².